The lowest BCUT2D eigenvalue weighted by Gasteiger charge is -2.19. The van der Waals surface area contributed by atoms with E-state index in [2.05, 4.69) is 62.4 Å². The number of ether oxygens (including phenoxy) is 3. The van der Waals surface area contributed by atoms with Crippen LogP contribution in [0.25, 0.3) is 11.1 Å². The van der Waals surface area contributed by atoms with E-state index in [0.29, 0.717) is 65.8 Å². The average molecular weight is 735 g/mol. The van der Waals surface area contributed by atoms with E-state index in [4.69, 9.17) is 24.2 Å². The highest BCUT2D eigenvalue weighted by atomic mass is 16.5. The van der Waals surface area contributed by atoms with E-state index in [1.54, 1.807) is 29.0 Å². The monoisotopic (exact) mass is 734 g/mol. The van der Waals surface area contributed by atoms with Gasteiger partial charge in [-0.05, 0) is 72.2 Å². The van der Waals surface area contributed by atoms with Crippen molar-refractivity contribution in [2.24, 2.45) is 9.98 Å². The summed E-state index contributed by atoms with van der Waals surface area (Å²) in [5, 5.41) is 0. The number of aryl methyl sites for hydroxylation is 3. The number of amides is 2. The number of benzene rings is 4. The summed E-state index contributed by atoms with van der Waals surface area (Å²) in [4.78, 5) is 40.6. The van der Waals surface area contributed by atoms with Crippen molar-refractivity contribution in [3.05, 3.63) is 124 Å². The first-order valence-corrected chi connectivity index (χ1v) is 19.2. The molecule has 0 radical (unpaired) electrons. The molecular weight excluding hydrogens is 689 g/mol. The Morgan fingerprint density at radius 2 is 1.22 bits per heavy atom. The lowest BCUT2D eigenvalue weighted by Crippen LogP contribution is -2.32. The summed E-state index contributed by atoms with van der Waals surface area (Å²) in [6, 6.07) is 24.0. The number of aliphatic imine (C=N–C) groups is 2. The van der Waals surface area contributed by atoms with Crippen molar-refractivity contribution in [1.29, 1.82) is 0 Å². The molecule has 8 rings (SSSR count). The van der Waals surface area contributed by atoms with Crippen LogP contribution in [0.3, 0.4) is 0 Å². The number of carbonyl (C=O) groups excluding carboxylic acids is 2. The molecule has 0 saturated carbocycles. The van der Waals surface area contributed by atoms with Crippen LogP contribution in [0.15, 0.2) is 95.2 Å². The topological polar surface area (TPSA) is 93.0 Å². The van der Waals surface area contributed by atoms with Gasteiger partial charge in [-0.3, -0.25) is 19.6 Å². The molecule has 55 heavy (non-hydrogen) atoms. The molecular formula is C46H46N4O5. The van der Waals surface area contributed by atoms with E-state index in [-0.39, 0.29) is 23.9 Å². The Labute approximate surface area is 322 Å². The molecule has 0 saturated heterocycles. The fourth-order valence-corrected chi connectivity index (χ4v) is 7.61. The lowest BCUT2D eigenvalue weighted by atomic mass is 10.00. The number of carbonyl (C=O) groups is 2. The molecule has 0 bridgehead atoms. The first kappa shape index (κ1) is 36.0. The van der Waals surface area contributed by atoms with Gasteiger partial charge in [-0.1, -0.05) is 67.4 Å². The van der Waals surface area contributed by atoms with Crippen LogP contribution < -0.4 is 14.2 Å². The Morgan fingerprint density at radius 3 is 1.80 bits per heavy atom. The van der Waals surface area contributed by atoms with Crippen molar-refractivity contribution < 1.29 is 23.8 Å². The van der Waals surface area contributed by atoms with Gasteiger partial charge >= 0.3 is 0 Å². The van der Waals surface area contributed by atoms with Gasteiger partial charge in [0.25, 0.3) is 11.8 Å². The van der Waals surface area contributed by atoms with E-state index >= 15 is 0 Å². The predicted molar refractivity (Wildman–Crippen MR) is 217 cm³/mol. The maximum Gasteiger partial charge on any atom is 0.260 e. The second kappa shape index (κ2) is 15.4. The molecule has 4 aromatic carbocycles. The fourth-order valence-electron chi connectivity index (χ4n) is 7.61. The van der Waals surface area contributed by atoms with Gasteiger partial charge in [-0.25, -0.2) is 0 Å². The fraction of sp³-hybridized carbons (Fsp3) is 0.304. The Morgan fingerprint density at radius 1 is 0.673 bits per heavy atom. The normalized spacial score (nSPS) is 18.2. The van der Waals surface area contributed by atoms with Gasteiger partial charge in [0, 0.05) is 56.2 Å². The van der Waals surface area contributed by atoms with Crippen molar-refractivity contribution in [3.63, 3.8) is 0 Å². The van der Waals surface area contributed by atoms with E-state index in [1.807, 2.05) is 43.9 Å². The summed E-state index contributed by atoms with van der Waals surface area (Å²) < 4.78 is 18.0. The first-order valence-electron chi connectivity index (χ1n) is 19.2. The molecule has 4 aromatic rings. The summed E-state index contributed by atoms with van der Waals surface area (Å²) in [6.45, 7) is 6.97. The molecule has 0 N–H and O–H groups in total. The van der Waals surface area contributed by atoms with Crippen molar-refractivity contribution in [1.82, 2.24) is 9.80 Å². The van der Waals surface area contributed by atoms with E-state index < -0.39 is 0 Å². The third kappa shape index (κ3) is 7.31. The quantitative estimate of drug-likeness (QED) is 0.135. The number of fused-ring (bicyclic) bond motifs is 4. The minimum absolute atomic E-state index is 0.0617. The van der Waals surface area contributed by atoms with E-state index in [9.17, 15) is 9.59 Å². The molecule has 9 nitrogen and oxygen atoms in total. The molecule has 2 atom stereocenters. The number of rotatable bonds is 12. The lowest BCUT2D eigenvalue weighted by molar-refractivity contribution is 0.0809. The molecule has 0 spiro atoms. The van der Waals surface area contributed by atoms with E-state index in [0.717, 1.165) is 40.7 Å². The molecule has 2 amide bonds. The highest BCUT2D eigenvalue weighted by Crippen LogP contribution is 2.41. The first-order chi connectivity index (χ1) is 26.8. The van der Waals surface area contributed by atoms with Gasteiger partial charge < -0.3 is 24.0 Å². The number of unbranched alkanes of at least 4 members (excludes halogenated alkanes) is 1. The highest BCUT2D eigenvalue weighted by molar-refractivity contribution is 6.06. The zero-order chi connectivity index (χ0) is 38.1. The molecule has 0 aromatic heterocycles. The SMILES string of the molecule is CCCCc1ccc(C2=CN3C(=O)c4cc(OC)c(OCCCOc5cc6c(cc5C)C(=O)N5C=C(c7ccc(C)cc7)C[C@H]5C=N6)cc4N=C[C@@H]3C2)cc1. The molecule has 280 valence electrons. The van der Waals surface area contributed by atoms with Crippen LogP contribution in [0.2, 0.25) is 0 Å². The maximum atomic E-state index is 13.8. The Kier molecular flexibility index (Phi) is 10.1. The van der Waals surface area contributed by atoms with Crippen LogP contribution in [0.5, 0.6) is 17.2 Å². The average Bonchev–Trinajstić information content (AvgIpc) is 3.78. The standard InChI is InChI=1S/C46H46N4O5/c1-5-6-8-31-11-15-33(16-12-31)35-21-37-26-48-41-24-44(43(53-4)22-39(41)46(52)50(37)28-35)55-18-7-17-54-42-23-40-38(19-30(42)3)45(51)49-27-34(20-36(49)25-47-40)32-13-9-29(2)10-14-32/h9-16,19,22-28,36-37H,5-8,17-18,20-21H2,1-4H3/t36-,37-/m0/s1. The van der Waals surface area contributed by atoms with Crippen molar-refractivity contribution >= 4 is 46.8 Å². The summed E-state index contributed by atoms with van der Waals surface area (Å²) in [5.74, 6) is 1.49. The second-order valence-corrected chi connectivity index (χ2v) is 14.7. The molecule has 4 aliphatic rings. The van der Waals surface area contributed by atoms with Crippen LogP contribution in [-0.4, -0.2) is 66.5 Å². The number of nitrogens with zero attached hydrogens (tertiary/aromatic N) is 4. The van der Waals surface area contributed by atoms with Crippen molar-refractivity contribution in [3.8, 4) is 17.2 Å². The van der Waals surface area contributed by atoms with Crippen LogP contribution in [0, 0.1) is 13.8 Å². The summed E-state index contributed by atoms with van der Waals surface area (Å²) in [5.41, 5.74) is 10.1. The number of hydrogen-bond acceptors (Lipinski definition) is 7. The smallest absolute Gasteiger partial charge is 0.260 e. The summed E-state index contributed by atoms with van der Waals surface area (Å²) in [7, 11) is 1.57. The molecule has 0 aliphatic carbocycles. The van der Waals surface area contributed by atoms with Gasteiger partial charge in [0.05, 0.1) is 54.9 Å². The Bertz CT molecular complexity index is 2250. The third-order valence-electron chi connectivity index (χ3n) is 10.8. The highest BCUT2D eigenvalue weighted by Gasteiger charge is 2.35. The zero-order valence-corrected chi connectivity index (χ0v) is 31.9. The second-order valence-electron chi connectivity index (χ2n) is 14.7. The number of hydrogen-bond donors (Lipinski definition) is 0. The van der Waals surface area contributed by atoms with Gasteiger partial charge in [0.2, 0.25) is 0 Å². The van der Waals surface area contributed by atoms with Crippen molar-refractivity contribution in [2.75, 3.05) is 20.3 Å². The third-order valence-corrected chi connectivity index (χ3v) is 10.8. The molecule has 4 aliphatic heterocycles. The van der Waals surface area contributed by atoms with Gasteiger partial charge in [-0.2, -0.15) is 0 Å². The Hall–Kier alpha value is -5.96. The maximum absolute atomic E-state index is 13.8. The largest absolute Gasteiger partial charge is 0.493 e. The van der Waals surface area contributed by atoms with Gasteiger partial charge in [-0.15, -0.1) is 0 Å². The Balaban J connectivity index is 0.887. The van der Waals surface area contributed by atoms with Crippen LogP contribution in [0.1, 0.15) is 87.6 Å². The number of methoxy groups -OCH3 is 1. The van der Waals surface area contributed by atoms with E-state index in [1.165, 1.54) is 24.0 Å². The molecule has 4 heterocycles. The van der Waals surface area contributed by atoms with Crippen molar-refractivity contribution in [2.45, 2.75) is 71.4 Å². The molecule has 0 fully saturated rings. The zero-order valence-electron chi connectivity index (χ0n) is 31.9. The summed E-state index contributed by atoms with van der Waals surface area (Å²) >= 11 is 0. The molecule has 0 unspecified atom stereocenters. The van der Waals surface area contributed by atoms with Gasteiger partial charge in [0.1, 0.15) is 5.75 Å². The minimum Gasteiger partial charge on any atom is -0.493 e. The molecule has 9 heteroatoms. The predicted octanol–water partition coefficient (Wildman–Crippen LogP) is 9.45. The van der Waals surface area contributed by atoms with Crippen LogP contribution >= 0.6 is 0 Å². The minimum atomic E-state index is -0.159. The van der Waals surface area contributed by atoms with Crippen LogP contribution in [0.4, 0.5) is 11.4 Å². The summed E-state index contributed by atoms with van der Waals surface area (Å²) in [6.07, 6.45) is 13.1. The van der Waals surface area contributed by atoms with Crippen LogP contribution in [-0.2, 0) is 6.42 Å². The van der Waals surface area contributed by atoms with Gasteiger partial charge in [0.15, 0.2) is 11.5 Å².